The van der Waals surface area contributed by atoms with Crippen molar-refractivity contribution in [2.45, 2.75) is 38.8 Å². The van der Waals surface area contributed by atoms with Gasteiger partial charge in [0.15, 0.2) is 11.6 Å². The number of carbonyl (C=O) groups is 1. The third-order valence-electron chi connectivity index (χ3n) is 7.84. The molecule has 5 heterocycles. The van der Waals surface area contributed by atoms with Crippen molar-refractivity contribution in [2.24, 2.45) is 5.92 Å². The molecule has 0 atom stereocenters. The molecular weight excluding hydrogens is 499 g/mol. The summed E-state index contributed by atoms with van der Waals surface area (Å²) in [4.78, 5) is 25.0. The van der Waals surface area contributed by atoms with E-state index in [4.69, 9.17) is 15.2 Å². The molecule has 0 spiro atoms. The number of anilines is 1. The van der Waals surface area contributed by atoms with Crippen molar-refractivity contribution in [1.82, 2.24) is 24.3 Å². The smallest absolute Gasteiger partial charge is 0.245 e. The minimum absolute atomic E-state index is 0.00577. The van der Waals surface area contributed by atoms with Crippen molar-refractivity contribution in [2.75, 3.05) is 38.7 Å². The molecule has 202 valence electrons. The fourth-order valence-electron chi connectivity index (χ4n) is 5.86. The van der Waals surface area contributed by atoms with E-state index in [1.54, 1.807) is 6.07 Å². The fourth-order valence-corrected chi connectivity index (χ4v) is 5.86. The second kappa shape index (κ2) is 9.89. The number of aromatic nitrogens is 3. The van der Waals surface area contributed by atoms with Gasteiger partial charge in [0.2, 0.25) is 18.4 Å². The molecule has 6 rings (SSSR count). The lowest BCUT2D eigenvalue weighted by Gasteiger charge is -2.45. The van der Waals surface area contributed by atoms with Gasteiger partial charge < -0.3 is 24.7 Å². The summed E-state index contributed by atoms with van der Waals surface area (Å²) in [6.45, 7) is 11.0. The standard InChI is InChI=1S/C29H31FN6O3/c1-4-23(37)34-11-9-19(10-12-34)35-13-18(14-35)5-8-22-24(20-6-7-21(30)27-26(20)38-16-39-27)25-28(31)32-15-33-29(25)36(22)17(2)3/h4,6-7,15,17-19H,1,9-14,16H2,2-3H3,(H2,31,32,33). The Morgan fingerprint density at radius 1 is 1.21 bits per heavy atom. The summed E-state index contributed by atoms with van der Waals surface area (Å²) in [6, 6.07) is 3.54. The Balaban J connectivity index is 1.33. The van der Waals surface area contributed by atoms with Crippen LogP contribution in [-0.2, 0) is 4.79 Å². The van der Waals surface area contributed by atoms with Crippen LogP contribution in [-0.4, -0.2) is 69.3 Å². The van der Waals surface area contributed by atoms with Gasteiger partial charge in [0, 0.05) is 55.3 Å². The second-order valence-electron chi connectivity index (χ2n) is 10.5. The van der Waals surface area contributed by atoms with Crippen LogP contribution in [0.1, 0.15) is 38.4 Å². The number of amides is 1. The number of nitrogen functional groups attached to an aromatic ring is 1. The summed E-state index contributed by atoms with van der Waals surface area (Å²) in [5, 5.41) is 0.663. The number of hydrogen-bond acceptors (Lipinski definition) is 7. The molecule has 2 N–H and O–H groups in total. The summed E-state index contributed by atoms with van der Waals surface area (Å²) in [5.41, 5.74) is 9.17. The van der Waals surface area contributed by atoms with Gasteiger partial charge in [-0.3, -0.25) is 9.69 Å². The van der Waals surface area contributed by atoms with Crippen LogP contribution in [0.15, 0.2) is 31.1 Å². The zero-order chi connectivity index (χ0) is 27.3. The molecule has 1 aromatic carbocycles. The van der Waals surface area contributed by atoms with Crippen LogP contribution in [0.3, 0.4) is 0 Å². The molecule has 0 radical (unpaired) electrons. The van der Waals surface area contributed by atoms with E-state index in [1.165, 1.54) is 18.5 Å². The highest BCUT2D eigenvalue weighted by atomic mass is 19.1. The summed E-state index contributed by atoms with van der Waals surface area (Å²) in [7, 11) is 0. The summed E-state index contributed by atoms with van der Waals surface area (Å²) in [6.07, 6.45) is 4.76. The van der Waals surface area contributed by atoms with E-state index in [0.29, 0.717) is 34.2 Å². The van der Waals surface area contributed by atoms with Crippen molar-refractivity contribution in [3.63, 3.8) is 0 Å². The predicted molar refractivity (Wildman–Crippen MR) is 146 cm³/mol. The molecule has 1 amide bonds. The van der Waals surface area contributed by atoms with Crippen molar-refractivity contribution in [3.8, 4) is 34.5 Å². The number of piperidine rings is 1. The van der Waals surface area contributed by atoms with E-state index in [2.05, 4.69) is 51.7 Å². The first-order valence-corrected chi connectivity index (χ1v) is 13.3. The van der Waals surface area contributed by atoms with Crippen LogP contribution in [0.25, 0.3) is 22.2 Å². The number of benzene rings is 1. The maximum Gasteiger partial charge on any atom is 0.245 e. The summed E-state index contributed by atoms with van der Waals surface area (Å²) in [5.74, 6) is 7.41. The Kier molecular flexibility index (Phi) is 6.39. The highest BCUT2D eigenvalue weighted by Crippen LogP contribution is 2.48. The van der Waals surface area contributed by atoms with Gasteiger partial charge in [0.05, 0.1) is 5.39 Å². The monoisotopic (exact) mass is 530 g/mol. The molecule has 3 aliphatic heterocycles. The molecule has 2 saturated heterocycles. The van der Waals surface area contributed by atoms with Gasteiger partial charge in [-0.2, -0.15) is 0 Å². The molecule has 0 unspecified atom stereocenters. The maximum absolute atomic E-state index is 14.5. The van der Waals surface area contributed by atoms with Crippen LogP contribution < -0.4 is 15.2 Å². The van der Waals surface area contributed by atoms with E-state index < -0.39 is 5.82 Å². The third-order valence-corrected chi connectivity index (χ3v) is 7.84. The molecule has 3 aliphatic rings. The zero-order valence-electron chi connectivity index (χ0n) is 22.1. The quantitative estimate of drug-likeness (QED) is 0.407. The highest BCUT2D eigenvalue weighted by molar-refractivity contribution is 6.05. The molecule has 2 aromatic heterocycles. The van der Waals surface area contributed by atoms with Crippen molar-refractivity contribution >= 4 is 22.8 Å². The lowest BCUT2D eigenvalue weighted by molar-refractivity contribution is -0.127. The van der Waals surface area contributed by atoms with E-state index in [0.717, 1.165) is 50.3 Å². The number of nitrogens with zero attached hydrogens (tertiary/aromatic N) is 5. The molecule has 0 saturated carbocycles. The number of carbonyl (C=O) groups excluding carboxylic acids is 1. The van der Waals surface area contributed by atoms with Crippen molar-refractivity contribution in [1.29, 1.82) is 0 Å². The van der Waals surface area contributed by atoms with Gasteiger partial charge in [-0.25, -0.2) is 14.4 Å². The van der Waals surface area contributed by atoms with Gasteiger partial charge in [-0.05, 0) is 50.8 Å². The first kappa shape index (κ1) is 25.2. The zero-order valence-corrected chi connectivity index (χ0v) is 22.1. The number of fused-ring (bicyclic) bond motifs is 2. The van der Waals surface area contributed by atoms with E-state index in [9.17, 15) is 9.18 Å². The second-order valence-corrected chi connectivity index (χ2v) is 10.5. The molecular formula is C29H31FN6O3. The van der Waals surface area contributed by atoms with Gasteiger partial charge >= 0.3 is 0 Å². The molecule has 0 bridgehead atoms. The minimum Gasteiger partial charge on any atom is -0.453 e. The first-order chi connectivity index (χ1) is 18.9. The Morgan fingerprint density at radius 2 is 1.95 bits per heavy atom. The lowest BCUT2D eigenvalue weighted by Crippen LogP contribution is -2.55. The predicted octanol–water partition coefficient (Wildman–Crippen LogP) is 3.59. The van der Waals surface area contributed by atoms with Crippen molar-refractivity contribution < 1.29 is 18.7 Å². The average Bonchev–Trinajstić information content (AvgIpc) is 3.53. The average molecular weight is 531 g/mol. The van der Waals surface area contributed by atoms with Gasteiger partial charge in [-0.1, -0.05) is 12.5 Å². The van der Waals surface area contributed by atoms with E-state index in [1.807, 2.05) is 4.90 Å². The highest BCUT2D eigenvalue weighted by Gasteiger charge is 2.34. The lowest BCUT2D eigenvalue weighted by atomic mass is 9.93. The normalized spacial score (nSPS) is 17.8. The van der Waals surface area contributed by atoms with Gasteiger partial charge in [0.1, 0.15) is 23.5 Å². The SMILES string of the molecule is C=CC(=O)N1CCC(N2CC(C#Cc3c(-c4ccc(F)c5c4OCO5)c4c(N)ncnc4n3C(C)C)C2)CC1. The van der Waals surface area contributed by atoms with Crippen molar-refractivity contribution in [3.05, 3.63) is 42.6 Å². The number of halogens is 1. The first-order valence-electron chi connectivity index (χ1n) is 13.3. The Bertz CT molecular complexity index is 1520. The molecule has 0 aliphatic carbocycles. The summed E-state index contributed by atoms with van der Waals surface area (Å²) < 4.78 is 27.7. The number of rotatable bonds is 4. The maximum atomic E-state index is 14.5. The minimum atomic E-state index is -0.482. The largest absolute Gasteiger partial charge is 0.453 e. The molecule has 2 fully saturated rings. The Labute approximate surface area is 226 Å². The van der Waals surface area contributed by atoms with Crippen LogP contribution in [0.5, 0.6) is 11.5 Å². The van der Waals surface area contributed by atoms with Crippen LogP contribution >= 0.6 is 0 Å². The summed E-state index contributed by atoms with van der Waals surface area (Å²) >= 11 is 0. The Morgan fingerprint density at radius 3 is 2.67 bits per heavy atom. The van der Waals surface area contributed by atoms with Crippen LogP contribution in [0, 0.1) is 23.6 Å². The van der Waals surface area contributed by atoms with E-state index >= 15 is 0 Å². The molecule has 3 aromatic rings. The Hall–Kier alpha value is -4.10. The fraction of sp³-hybridized carbons (Fsp3) is 0.414. The molecule has 39 heavy (non-hydrogen) atoms. The topological polar surface area (TPSA) is 98.7 Å². The molecule has 10 heteroatoms. The third kappa shape index (κ3) is 4.27. The van der Waals surface area contributed by atoms with E-state index in [-0.39, 0.29) is 30.4 Å². The number of nitrogens with two attached hydrogens (primary N) is 1. The number of likely N-dealkylation sites (tertiary alicyclic amines) is 2. The van der Waals surface area contributed by atoms with Crippen LogP contribution in [0.4, 0.5) is 10.2 Å². The van der Waals surface area contributed by atoms with Gasteiger partial charge in [-0.15, -0.1) is 0 Å². The number of hydrogen-bond donors (Lipinski definition) is 1. The number of ether oxygens (including phenoxy) is 2. The molecule has 9 nitrogen and oxygen atoms in total. The van der Waals surface area contributed by atoms with Gasteiger partial charge in [0.25, 0.3) is 0 Å². The van der Waals surface area contributed by atoms with Crippen LogP contribution in [0.2, 0.25) is 0 Å².